The summed E-state index contributed by atoms with van der Waals surface area (Å²) in [5, 5.41) is 0. The van der Waals surface area contributed by atoms with Gasteiger partial charge in [-0.2, -0.15) is 0 Å². The summed E-state index contributed by atoms with van der Waals surface area (Å²) in [6.07, 6.45) is 2.98. The molecule has 2 nitrogen and oxygen atoms in total. The van der Waals surface area contributed by atoms with Crippen molar-refractivity contribution in [3.8, 4) is 0 Å². The molecule has 0 spiro atoms. The van der Waals surface area contributed by atoms with Crippen LogP contribution in [0.2, 0.25) is 0 Å². The first-order valence-corrected chi connectivity index (χ1v) is 7.08. The molecule has 2 rings (SSSR count). The molecule has 0 aliphatic carbocycles. The fourth-order valence-corrected chi connectivity index (χ4v) is 2.66. The lowest BCUT2D eigenvalue weighted by atomic mass is 9.99. The van der Waals surface area contributed by atoms with Crippen LogP contribution in [-0.2, 0) is 0 Å². The molecule has 104 valence electrons. The summed E-state index contributed by atoms with van der Waals surface area (Å²) in [6, 6.07) is 4.75. The smallest absolute Gasteiger partial charge is 0.164 e. The van der Waals surface area contributed by atoms with Crippen molar-refractivity contribution >= 4 is 5.78 Å². The van der Waals surface area contributed by atoms with Crippen molar-refractivity contribution in [2.24, 2.45) is 5.92 Å². The standard InChI is InChI=1S/C16H22FNO/c1-12-4-3-8-18(11-12)9-7-16(19)14-6-5-13(2)15(17)10-14/h5-6,10,12H,3-4,7-9,11H2,1-2H3. The first kappa shape index (κ1) is 14.2. The average molecular weight is 263 g/mol. The molecule has 1 unspecified atom stereocenters. The molecular formula is C16H22FNO. The number of nitrogens with zero attached hydrogens (tertiary/aromatic N) is 1. The molecule has 1 fully saturated rings. The molecule has 1 saturated heterocycles. The van der Waals surface area contributed by atoms with E-state index in [0.29, 0.717) is 17.5 Å². The van der Waals surface area contributed by atoms with Gasteiger partial charge in [0.1, 0.15) is 5.82 Å². The van der Waals surface area contributed by atoms with Gasteiger partial charge >= 0.3 is 0 Å². The second kappa shape index (κ2) is 6.29. The summed E-state index contributed by atoms with van der Waals surface area (Å²) in [7, 11) is 0. The van der Waals surface area contributed by atoms with Crippen LogP contribution in [0.25, 0.3) is 0 Å². The van der Waals surface area contributed by atoms with E-state index < -0.39 is 0 Å². The van der Waals surface area contributed by atoms with E-state index in [1.807, 2.05) is 0 Å². The van der Waals surface area contributed by atoms with E-state index in [2.05, 4.69) is 11.8 Å². The van der Waals surface area contributed by atoms with Gasteiger partial charge in [0, 0.05) is 25.1 Å². The fraction of sp³-hybridized carbons (Fsp3) is 0.562. The number of likely N-dealkylation sites (tertiary alicyclic amines) is 1. The van der Waals surface area contributed by atoms with Crippen molar-refractivity contribution in [3.05, 3.63) is 35.1 Å². The predicted octanol–water partition coefficient (Wildman–Crippen LogP) is 3.44. The monoisotopic (exact) mass is 263 g/mol. The number of aryl methyl sites for hydroxylation is 1. The number of benzene rings is 1. The zero-order valence-corrected chi connectivity index (χ0v) is 11.8. The molecule has 0 saturated carbocycles. The highest BCUT2D eigenvalue weighted by atomic mass is 19.1. The van der Waals surface area contributed by atoms with Gasteiger partial charge in [-0.25, -0.2) is 4.39 Å². The maximum atomic E-state index is 13.4. The van der Waals surface area contributed by atoms with Crippen molar-refractivity contribution in [2.75, 3.05) is 19.6 Å². The second-order valence-corrected chi connectivity index (χ2v) is 5.69. The van der Waals surface area contributed by atoms with E-state index in [-0.39, 0.29) is 11.6 Å². The number of hydrogen-bond acceptors (Lipinski definition) is 2. The van der Waals surface area contributed by atoms with E-state index in [0.717, 1.165) is 25.6 Å². The number of piperidine rings is 1. The molecule has 1 aliphatic rings. The molecule has 1 aromatic carbocycles. The van der Waals surface area contributed by atoms with E-state index in [4.69, 9.17) is 0 Å². The van der Waals surface area contributed by atoms with Crippen LogP contribution in [0, 0.1) is 18.7 Å². The summed E-state index contributed by atoms with van der Waals surface area (Å²) < 4.78 is 13.4. The molecule has 1 aromatic rings. The second-order valence-electron chi connectivity index (χ2n) is 5.69. The summed E-state index contributed by atoms with van der Waals surface area (Å²) in [5.41, 5.74) is 1.08. The Bertz CT molecular complexity index is 458. The van der Waals surface area contributed by atoms with Crippen LogP contribution >= 0.6 is 0 Å². The van der Waals surface area contributed by atoms with Gasteiger partial charge in [0.25, 0.3) is 0 Å². The fourth-order valence-electron chi connectivity index (χ4n) is 2.66. The molecule has 0 bridgehead atoms. The lowest BCUT2D eigenvalue weighted by Gasteiger charge is -2.30. The Balaban J connectivity index is 1.88. The Kier molecular flexibility index (Phi) is 4.70. The van der Waals surface area contributed by atoms with Crippen LogP contribution in [-0.4, -0.2) is 30.3 Å². The quantitative estimate of drug-likeness (QED) is 0.776. The highest BCUT2D eigenvalue weighted by Crippen LogP contribution is 2.16. The molecule has 1 heterocycles. The molecule has 19 heavy (non-hydrogen) atoms. The molecule has 1 atom stereocenters. The topological polar surface area (TPSA) is 20.3 Å². The first-order chi connectivity index (χ1) is 9.06. The molecule has 3 heteroatoms. The van der Waals surface area contributed by atoms with Gasteiger partial charge in [-0.1, -0.05) is 19.1 Å². The molecule has 1 aliphatic heterocycles. The highest BCUT2D eigenvalue weighted by Gasteiger charge is 2.17. The summed E-state index contributed by atoms with van der Waals surface area (Å²) in [5.74, 6) is 0.468. The van der Waals surface area contributed by atoms with Crippen molar-refractivity contribution in [1.82, 2.24) is 4.90 Å². The van der Waals surface area contributed by atoms with Gasteiger partial charge in [-0.15, -0.1) is 0 Å². The van der Waals surface area contributed by atoms with Crippen LogP contribution in [0.4, 0.5) is 4.39 Å². The maximum Gasteiger partial charge on any atom is 0.164 e. The van der Waals surface area contributed by atoms with Crippen molar-refractivity contribution in [1.29, 1.82) is 0 Å². The van der Waals surface area contributed by atoms with Gasteiger partial charge in [0.05, 0.1) is 0 Å². The Hall–Kier alpha value is -1.22. The number of ketones is 1. The minimum atomic E-state index is -0.294. The number of carbonyl (C=O) groups excluding carboxylic acids is 1. The third kappa shape index (κ3) is 3.87. The van der Waals surface area contributed by atoms with Crippen LogP contribution in [0.15, 0.2) is 18.2 Å². The predicted molar refractivity (Wildman–Crippen MR) is 74.9 cm³/mol. The Labute approximate surface area is 114 Å². The van der Waals surface area contributed by atoms with Crippen LogP contribution in [0.5, 0.6) is 0 Å². The molecular weight excluding hydrogens is 241 g/mol. The van der Waals surface area contributed by atoms with E-state index in [1.54, 1.807) is 19.1 Å². The van der Waals surface area contributed by atoms with Crippen molar-refractivity contribution in [2.45, 2.75) is 33.1 Å². The lowest BCUT2D eigenvalue weighted by molar-refractivity contribution is 0.0948. The number of rotatable bonds is 4. The molecule has 0 aromatic heterocycles. The van der Waals surface area contributed by atoms with Crippen molar-refractivity contribution in [3.63, 3.8) is 0 Å². The van der Waals surface area contributed by atoms with Crippen LogP contribution < -0.4 is 0 Å². The van der Waals surface area contributed by atoms with Gasteiger partial charge in [0.2, 0.25) is 0 Å². The third-order valence-electron chi connectivity index (χ3n) is 3.89. The first-order valence-electron chi connectivity index (χ1n) is 7.08. The van der Waals surface area contributed by atoms with Gasteiger partial charge < -0.3 is 4.90 Å². The Morgan fingerprint density at radius 3 is 2.95 bits per heavy atom. The minimum absolute atomic E-state index is 0.0390. The van der Waals surface area contributed by atoms with Gasteiger partial charge in [0.15, 0.2) is 5.78 Å². The zero-order chi connectivity index (χ0) is 13.8. The largest absolute Gasteiger partial charge is 0.303 e. The average Bonchev–Trinajstić information content (AvgIpc) is 2.39. The normalized spacial score (nSPS) is 20.5. The van der Waals surface area contributed by atoms with Crippen molar-refractivity contribution < 1.29 is 9.18 Å². The van der Waals surface area contributed by atoms with E-state index >= 15 is 0 Å². The number of halogens is 1. The minimum Gasteiger partial charge on any atom is -0.303 e. The SMILES string of the molecule is Cc1ccc(C(=O)CCN2CCCC(C)C2)cc1F. The summed E-state index contributed by atoms with van der Waals surface area (Å²) in [6.45, 7) is 6.91. The zero-order valence-electron chi connectivity index (χ0n) is 11.8. The molecule has 0 N–H and O–H groups in total. The third-order valence-corrected chi connectivity index (χ3v) is 3.89. The Morgan fingerprint density at radius 2 is 2.26 bits per heavy atom. The lowest BCUT2D eigenvalue weighted by Crippen LogP contribution is -2.35. The van der Waals surface area contributed by atoms with E-state index in [1.165, 1.54) is 18.9 Å². The number of Topliss-reactive ketones (excluding diaryl/α,β-unsaturated/α-hetero) is 1. The number of carbonyl (C=O) groups is 1. The molecule has 0 radical (unpaired) electrons. The highest BCUT2D eigenvalue weighted by molar-refractivity contribution is 5.96. The number of hydrogen-bond donors (Lipinski definition) is 0. The van der Waals surface area contributed by atoms with E-state index in [9.17, 15) is 9.18 Å². The van der Waals surface area contributed by atoms with Gasteiger partial charge in [-0.3, -0.25) is 4.79 Å². The Morgan fingerprint density at radius 1 is 1.47 bits per heavy atom. The van der Waals surface area contributed by atoms with Crippen LogP contribution in [0.3, 0.4) is 0 Å². The molecule has 0 amide bonds. The van der Waals surface area contributed by atoms with Crippen LogP contribution in [0.1, 0.15) is 42.1 Å². The summed E-state index contributed by atoms with van der Waals surface area (Å²) in [4.78, 5) is 14.4. The maximum absolute atomic E-state index is 13.4. The summed E-state index contributed by atoms with van der Waals surface area (Å²) >= 11 is 0. The van der Waals surface area contributed by atoms with Gasteiger partial charge in [-0.05, 0) is 43.9 Å².